The Bertz CT molecular complexity index is 682. The van der Waals surface area contributed by atoms with E-state index in [1.807, 2.05) is 17.4 Å². The zero-order valence-electron chi connectivity index (χ0n) is 11.9. The molecule has 0 spiro atoms. The normalized spacial score (nSPS) is 23.1. The fraction of sp³-hybridized carbons (Fsp3) is 0.375. The van der Waals surface area contributed by atoms with E-state index in [2.05, 4.69) is 18.4 Å². The molecule has 1 aromatic carbocycles. The van der Waals surface area contributed by atoms with Gasteiger partial charge >= 0.3 is 0 Å². The number of hydrogen-bond acceptors (Lipinski definition) is 4. The smallest absolute Gasteiger partial charge is 0.231 e. The third kappa shape index (κ3) is 2.17. The van der Waals surface area contributed by atoms with E-state index < -0.39 is 0 Å². The van der Waals surface area contributed by atoms with Crippen LogP contribution in [-0.4, -0.2) is 18.4 Å². The molecule has 0 amide bonds. The minimum absolute atomic E-state index is 0.240. The van der Waals surface area contributed by atoms with Crippen LogP contribution in [0.3, 0.4) is 0 Å². The number of quaternary nitrogens is 1. The van der Waals surface area contributed by atoms with E-state index in [0.717, 1.165) is 30.8 Å². The topological polar surface area (TPSA) is 43.1 Å². The van der Waals surface area contributed by atoms with Crippen LogP contribution in [0.25, 0.3) is 0 Å². The van der Waals surface area contributed by atoms with Gasteiger partial charge in [-0.3, -0.25) is 0 Å². The molecule has 4 nitrogen and oxygen atoms in total. The third-order valence-electron chi connectivity index (χ3n) is 4.52. The van der Waals surface area contributed by atoms with Gasteiger partial charge in [0.15, 0.2) is 11.5 Å². The van der Waals surface area contributed by atoms with E-state index in [0.29, 0.717) is 17.5 Å². The van der Waals surface area contributed by atoms with Gasteiger partial charge < -0.3 is 19.5 Å². The number of nitrogens with one attached hydrogen (secondary N) is 1. The second-order valence-electron chi connectivity index (χ2n) is 5.69. The number of thiophene rings is 1. The summed E-state index contributed by atoms with van der Waals surface area (Å²) in [4.78, 5) is 3.00. The predicted molar refractivity (Wildman–Crippen MR) is 80.2 cm³/mol. The second kappa shape index (κ2) is 4.93. The Morgan fingerprint density at radius 3 is 3.00 bits per heavy atom. The maximum atomic E-state index is 10.2. The van der Waals surface area contributed by atoms with Crippen LogP contribution >= 0.6 is 11.3 Å². The number of phenols is 1. The molecule has 2 aliphatic heterocycles. The number of fused-ring (bicyclic) bond motifs is 2. The Morgan fingerprint density at radius 2 is 2.14 bits per heavy atom. The predicted octanol–water partition coefficient (Wildman–Crippen LogP) is 1.88. The first-order valence-corrected chi connectivity index (χ1v) is 8.12. The van der Waals surface area contributed by atoms with Crippen molar-refractivity contribution in [2.45, 2.75) is 25.9 Å². The number of hydrogen-bond donors (Lipinski definition) is 2. The molecule has 0 fully saturated rings. The maximum absolute atomic E-state index is 10.2. The fourth-order valence-corrected chi connectivity index (χ4v) is 4.23. The molecule has 4 rings (SSSR count). The first-order chi connectivity index (χ1) is 10.2. The van der Waals surface area contributed by atoms with Crippen LogP contribution in [0.1, 0.15) is 29.0 Å². The van der Waals surface area contributed by atoms with E-state index in [1.165, 1.54) is 15.3 Å². The molecule has 0 saturated carbocycles. The monoisotopic (exact) mass is 304 g/mol. The first-order valence-electron chi connectivity index (χ1n) is 7.24. The summed E-state index contributed by atoms with van der Waals surface area (Å²) in [5.74, 6) is 1.68. The summed E-state index contributed by atoms with van der Waals surface area (Å²) >= 11 is 1.86. The molecule has 2 aliphatic rings. The summed E-state index contributed by atoms with van der Waals surface area (Å²) in [6.45, 7) is 4.41. The van der Waals surface area contributed by atoms with Gasteiger partial charge in [0.1, 0.15) is 18.3 Å². The third-order valence-corrected chi connectivity index (χ3v) is 5.52. The van der Waals surface area contributed by atoms with E-state index in [1.54, 1.807) is 6.07 Å². The summed E-state index contributed by atoms with van der Waals surface area (Å²) in [6.07, 6.45) is 1.12. The van der Waals surface area contributed by atoms with E-state index in [4.69, 9.17) is 9.47 Å². The summed E-state index contributed by atoms with van der Waals surface area (Å²) < 4.78 is 10.7. The second-order valence-corrected chi connectivity index (χ2v) is 6.69. The maximum Gasteiger partial charge on any atom is 0.231 e. The van der Waals surface area contributed by atoms with Gasteiger partial charge in [-0.1, -0.05) is 0 Å². The van der Waals surface area contributed by atoms with Crippen molar-refractivity contribution in [3.05, 3.63) is 39.6 Å². The Balaban J connectivity index is 1.60. The fourth-order valence-electron chi connectivity index (χ4n) is 3.25. The molecular weight excluding hydrogens is 286 g/mol. The summed E-state index contributed by atoms with van der Waals surface area (Å²) in [7, 11) is 0. The molecule has 110 valence electrons. The average Bonchev–Trinajstić information content (AvgIpc) is 3.10. The van der Waals surface area contributed by atoms with Gasteiger partial charge in [-0.2, -0.15) is 0 Å². The van der Waals surface area contributed by atoms with Crippen molar-refractivity contribution < 1.29 is 19.5 Å². The van der Waals surface area contributed by atoms with Crippen LogP contribution < -0.4 is 14.4 Å². The molecule has 2 aromatic rings. The summed E-state index contributed by atoms with van der Waals surface area (Å²) in [5.41, 5.74) is 2.39. The molecule has 2 N–H and O–H groups in total. The zero-order chi connectivity index (χ0) is 14.4. The first kappa shape index (κ1) is 13.0. The molecule has 3 heterocycles. The van der Waals surface area contributed by atoms with Crippen LogP contribution in [-0.2, 0) is 13.0 Å². The van der Waals surface area contributed by atoms with Gasteiger partial charge in [-0.15, -0.1) is 11.3 Å². The highest BCUT2D eigenvalue weighted by atomic mass is 32.1. The summed E-state index contributed by atoms with van der Waals surface area (Å²) in [6, 6.07) is 6.29. The van der Waals surface area contributed by atoms with Crippen molar-refractivity contribution in [1.82, 2.24) is 0 Å². The lowest BCUT2D eigenvalue weighted by atomic mass is 10.0. The molecule has 5 heteroatoms. The molecule has 0 radical (unpaired) electrons. The SMILES string of the molecule is C[C@@H]1c2ccsc2CC[NH+]1Cc1cc2c(cc1O)OCO2. The summed E-state index contributed by atoms with van der Waals surface area (Å²) in [5, 5.41) is 12.4. The van der Waals surface area contributed by atoms with Gasteiger partial charge in [0.05, 0.1) is 12.1 Å². The highest BCUT2D eigenvalue weighted by Crippen LogP contribution is 2.37. The largest absolute Gasteiger partial charge is 0.507 e. The molecule has 21 heavy (non-hydrogen) atoms. The lowest BCUT2D eigenvalue weighted by molar-refractivity contribution is -0.945. The minimum atomic E-state index is 0.240. The number of benzene rings is 1. The molecular formula is C16H18NO3S+. The van der Waals surface area contributed by atoms with Crippen molar-refractivity contribution in [3.8, 4) is 17.2 Å². The van der Waals surface area contributed by atoms with Crippen molar-refractivity contribution in [2.75, 3.05) is 13.3 Å². The van der Waals surface area contributed by atoms with Crippen LogP contribution in [0.5, 0.6) is 17.2 Å². The molecule has 0 saturated heterocycles. The number of phenolic OH excluding ortho intramolecular Hbond substituents is 1. The van der Waals surface area contributed by atoms with E-state index >= 15 is 0 Å². The van der Waals surface area contributed by atoms with Gasteiger partial charge in [-0.05, 0) is 24.4 Å². The Morgan fingerprint density at radius 1 is 1.33 bits per heavy atom. The lowest BCUT2D eigenvalue weighted by Crippen LogP contribution is -3.11. The number of ether oxygens (including phenoxy) is 2. The van der Waals surface area contributed by atoms with E-state index in [-0.39, 0.29) is 6.79 Å². The molecule has 1 aromatic heterocycles. The van der Waals surface area contributed by atoms with E-state index in [9.17, 15) is 5.11 Å². The molecule has 0 bridgehead atoms. The van der Waals surface area contributed by atoms with Crippen molar-refractivity contribution >= 4 is 11.3 Å². The van der Waals surface area contributed by atoms with Crippen LogP contribution in [0.2, 0.25) is 0 Å². The minimum Gasteiger partial charge on any atom is -0.507 e. The average molecular weight is 304 g/mol. The van der Waals surface area contributed by atoms with Gasteiger partial charge in [0.2, 0.25) is 6.79 Å². The van der Waals surface area contributed by atoms with Crippen LogP contribution in [0.4, 0.5) is 0 Å². The van der Waals surface area contributed by atoms with Gasteiger partial charge in [0.25, 0.3) is 0 Å². The van der Waals surface area contributed by atoms with Crippen LogP contribution in [0.15, 0.2) is 23.6 Å². The highest BCUT2D eigenvalue weighted by molar-refractivity contribution is 7.10. The van der Waals surface area contributed by atoms with Gasteiger partial charge in [-0.25, -0.2) is 0 Å². The quantitative estimate of drug-likeness (QED) is 0.890. The standard InChI is InChI=1S/C16H17NO3S/c1-10-12-3-5-21-16(12)2-4-17(10)8-11-6-14-15(7-13(11)18)20-9-19-14/h3,5-7,10,18H,2,4,8-9H2,1H3/p+1/t10-/m1/s1. The van der Waals surface area contributed by atoms with Crippen molar-refractivity contribution in [3.63, 3.8) is 0 Å². The van der Waals surface area contributed by atoms with Crippen molar-refractivity contribution in [2.24, 2.45) is 0 Å². The van der Waals surface area contributed by atoms with Gasteiger partial charge in [0, 0.05) is 22.9 Å². The molecule has 0 aliphatic carbocycles. The molecule has 2 atom stereocenters. The Labute approximate surface area is 127 Å². The Kier molecular flexibility index (Phi) is 3.05. The molecule has 1 unspecified atom stereocenters. The Hall–Kier alpha value is -1.72. The highest BCUT2D eigenvalue weighted by Gasteiger charge is 2.29. The lowest BCUT2D eigenvalue weighted by Gasteiger charge is -2.30. The van der Waals surface area contributed by atoms with Crippen molar-refractivity contribution in [1.29, 1.82) is 0 Å². The zero-order valence-corrected chi connectivity index (χ0v) is 12.7. The van der Waals surface area contributed by atoms with Crippen LogP contribution in [0, 0.1) is 0 Å². The number of rotatable bonds is 2. The number of aromatic hydroxyl groups is 1.